The first-order valence-corrected chi connectivity index (χ1v) is 6.82. The molecule has 0 amide bonds. The van der Waals surface area contributed by atoms with Crippen LogP contribution >= 0.6 is 0 Å². The summed E-state index contributed by atoms with van der Waals surface area (Å²) in [4.78, 5) is 5.36. The van der Waals surface area contributed by atoms with Crippen molar-refractivity contribution in [3.05, 3.63) is 0 Å². The molecule has 0 aromatic carbocycles. The van der Waals surface area contributed by atoms with Gasteiger partial charge in [-0.15, -0.1) is 0 Å². The van der Waals surface area contributed by atoms with Crippen LogP contribution in [0.3, 0.4) is 0 Å². The molecule has 2 fully saturated rings. The van der Waals surface area contributed by atoms with Crippen LogP contribution < -0.4 is 0 Å². The molecule has 2 saturated heterocycles. The number of likely N-dealkylation sites (tertiary alicyclic amines) is 2. The van der Waals surface area contributed by atoms with Gasteiger partial charge < -0.3 is 4.90 Å². The quantitative estimate of drug-likeness (QED) is 0.705. The third kappa shape index (κ3) is 3.46. The minimum absolute atomic E-state index is 0.781. The zero-order valence-electron chi connectivity index (χ0n) is 10.2. The average Bonchev–Trinajstić information content (AvgIpc) is 2.31. The van der Waals surface area contributed by atoms with Crippen LogP contribution in [0.4, 0.5) is 0 Å². The van der Waals surface area contributed by atoms with E-state index in [9.17, 15) is 0 Å². The summed E-state index contributed by atoms with van der Waals surface area (Å²) in [5.74, 6) is 0. The number of hydrogen-bond acceptors (Lipinski definition) is 2. The first-order chi connectivity index (χ1) is 7.36. The van der Waals surface area contributed by atoms with Gasteiger partial charge in [0.25, 0.3) is 0 Å². The van der Waals surface area contributed by atoms with E-state index in [2.05, 4.69) is 16.7 Å². The zero-order chi connectivity index (χ0) is 10.5. The minimum atomic E-state index is 0.781. The second-order valence-corrected chi connectivity index (χ2v) is 5.31. The third-order valence-electron chi connectivity index (χ3n) is 3.99. The molecule has 0 bridgehead atoms. The van der Waals surface area contributed by atoms with Crippen molar-refractivity contribution >= 4 is 0 Å². The first kappa shape index (κ1) is 11.4. The van der Waals surface area contributed by atoms with Crippen molar-refractivity contribution in [1.29, 1.82) is 0 Å². The Labute approximate surface area is 94.6 Å². The third-order valence-corrected chi connectivity index (χ3v) is 3.99. The van der Waals surface area contributed by atoms with Crippen LogP contribution in [0, 0.1) is 0 Å². The van der Waals surface area contributed by atoms with E-state index in [1.54, 1.807) is 0 Å². The molecule has 0 unspecified atom stereocenters. The van der Waals surface area contributed by atoms with Crippen molar-refractivity contribution in [2.24, 2.45) is 0 Å². The van der Waals surface area contributed by atoms with Gasteiger partial charge in [0, 0.05) is 12.6 Å². The Morgan fingerprint density at radius 1 is 0.800 bits per heavy atom. The van der Waals surface area contributed by atoms with Crippen LogP contribution in [0.15, 0.2) is 0 Å². The first-order valence-electron chi connectivity index (χ1n) is 6.82. The summed E-state index contributed by atoms with van der Waals surface area (Å²) in [7, 11) is 0. The monoisotopic (exact) mass is 210 g/mol. The van der Waals surface area contributed by atoms with Crippen LogP contribution in [0.2, 0.25) is 0 Å². The van der Waals surface area contributed by atoms with Crippen molar-refractivity contribution in [2.75, 3.05) is 32.7 Å². The normalized spacial score (nSPS) is 27.8. The molecule has 2 aliphatic heterocycles. The van der Waals surface area contributed by atoms with Crippen LogP contribution in [0.5, 0.6) is 0 Å². The fraction of sp³-hybridized carbons (Fsp3) is 1.00. The summed E-state index contributed by atoms with van der Waals surface area (Å²) in [6, 6.07) is 0.781. The van der Waals surface area contributed by atoms with Gasteiger partial charge in [0.2, 0.25) is 0 Å². The van der Waals surface area contributed by atoms with E-state index in [0.29, 0.717) is 0 Å². The van der Waals surface area contributed by atoms with Gasteiger partial charge in [-0.1, -0.05) is 12.8 Å². The van der Waals surface area contributed by atoms with Gasteiger partial charge in [-0.25, -0.2) is 0 Å². The Hall–Kier alpha value is -0.0800. The Balaban J connectivity index is 1.72. The maximum absolute atomic E-state index is 2.69. The number of nitrogens with zero attached hydrogens (tertiary/aromatic N) is 2. The average molecular weight is 210 g/mol. The number of rotatable bonds is 3. The number of piperidine rings is 2. The molecule has 0 aliphatic carbocycles. The molecular formula is C13H26N2. The highest BCUT2D eigenvalue weighted by Gasteiger charge is 2.19. The summed E-state index contributed by atoms with van der Waals surface area (Å²) >= 11 is 0. The van der Waals surface area contributed by atoms with Gasteiger partial charge >= 0.3 is 0 Å². The molecule has 2 rings (SSSR count). The highest BCUT2D eigenvalue weighted by Crippen LogP contribution is 2.15. The minimum Gasteiger partial charge on any atom is -0.302 e. The van der Waals surface area contributed by atoms with E-state index in [1.165, 1.54) is 71.2 Å². The van der Waals surface area contributed by atoms with Crippen molar-refractivity contribution in [3.63, 3.8) is 0 Å². The molecule has 88 valence electrons. The zero-order valence-corrected chi connectivity index (χ0v) is 10.2. The molecule has 0 aromatic heterocycles. The molecule has 0 saturated carbocycles. The molecule has 2 nitrogen and oxygen atoms in total. The van der Waals surface area contributed by atoms with E-state index in [4.69, 9.17) is 0 Å². The molecule has 2 heterocycles. The lowest BCUT2D eigenvalue weighted by Gasteiger charge is -2.36. The lowest BCUT2D eigenvalue weighted by molar-refractivity contribution is 0.117. The van der Waals surface area contributed by atoms with Gasteiger partial charge in [-0.2, -0.15) is 0 Å². The molecule has 0 spiro atoms. The van der Waals surface area contributed by atoms with Gasteiger partial charge in [-0.3, -0.25) is 4.90 Å². The van der Waals surface area contributed by atoms with Crippen molar-refractivity contribution in [1.82, 2.24) is 9.80 Å². The van der Waals surface area contributed by atoms with Crippen LogP contribution in [0.25, 0.3) is 0 Å². The fourth-order valence-electron chi connectivity index (χ4n) is 2.99. The van der Waals surface area contributed by atoms with Crippen molar-refractivity contribution < 1.29 is 0 Å². The lowest BCUT2D eigenvalue weighted by atomic mass is 10.1. The smallest absolute Gasteiger partial charge is 0.0194 e. The van der Waals surface area contributed by atoms with Crippen LogP contribution in [-0.2, 0) is 0 Å². The predicted octanol–water partition coefficient (Wildman–Crippen LogP) is 2.35. The Kier molecular flexibility index (Phi) is 4.45. The van der Waals surface area contributed by atoms with E-state index < -0.39 is 0 Å². The summed E-state index contributed by atoms with van der Waals surface area (Å²) in [6.07, 6.45) is 8.59. The van der Waals surface area contributed by atoms with Crippen molar-refractivity contribution in [2.45, 2.75) is 51.5 Å². The van der Waals surface area contributed by atoms with E-state index in [-0.39, 0.29) is 0 Å². The predicted molar refractivity (Wildman–Crippen MR) is 65.2 cm³/mol. The maximum atomic E-state index is 2.69. The molecule has 2 heteroatoms. The molecule has 0 radical (unpaired) electrons. The van der Waals surface area contributed by atoms with E-state index >= 15 is 0 Å². The summed E-state index contributed by atoms with van der Waals surface area (Å²) in [6.45, 7) is 9.10. The highest BCUT2D eigenvalue weighted by atomic mass is 15.2. The Morgan fingerprint density at radius 3 is 1.93 bits per heavy atom. The second-order valence-electron chi connectivity index (χ2n) is 5.31. The molecule has 0 N–H and O–H groups in total. The summed E-state index contributed by atoms with van der Waals surface area (Å²) in [5, 5.41) is 0. The summed E-state index contributed by atoms with van der Waals surface area (Å²) < 4.78 is 0. The topological polar surface area (TPSA) is 6.48 Å². The molecule has 15 heavy (non-hydrogen) atoms. The van der Waals surface area contributed by atoms with E-state index in [1.807, 2.05) is 0 Å². The highest BCUT2D eigenvalue weighted by molar-refractivity contribution is 4.76. The van der Waals surface area contributed by atoms with Crippen LogP contribution in [0.1, 0.15) is 45.4 Å². The molecule has 0 aromatic rings. The van der Waals surface area contributed by atoms with Gasteiger partial charge in [-0.05, 0) is 58.8 Å². The SMILES string of the molecule is C[C@H](CN1CCCCC1)N1CCCCC1. The number of hydrogen-bond donors (Lipinski definition) is 0. The summed E-state index contributed by atoms with van der Waals surface area (Å²) in [5.41, 5.74) is 0. The lowest BCUT2D eigenvalue weighted by Crippen LogP contribution is -2.45. The molecule has 1 atom stereocenters. The van der Waals surface area contributed by atoms with Gasteiger partial charge in [0.1, 0.15) is 0 Å². The maximum Gasteiger partial charge on any atom is 0.0194 e. The van der Waals surface area contributed by atoms with Crippen molar-refractivity contribution in [3.8, 4) is 0 Å². The fourth-order valence-corrected chi connectivity index (χ4v) is 2.99. The Bertz CT molecular complexity index is 169. The largest absolute Gasteiger partial charge is 0.302 e. The van der Waals surface area contributed by atoms with E-state index in [0.717, 1.165) is 6.04 Å². The van der Waals surface area contributed by atoms with Gasteiger partial charge in [0.15, 0.2) is 0 Å². The van der Waals surface area contributed by atoms with Gasteiger partial charge in [0.05, 0.1) is 0 Å². The molecular weight excluding hydrogens is 184 g/mol. The molecule has 2 aliphatic rings. The standard InChI is InChI=1S/C13H26N2/c1-13(15-10-6-3-7-11-15)12-14-8-4-2-5-9-14/h13H,2-12H2,1H3/t13-/m1/s1. The Morgan fingerprint density at radius 2 is 1.33 bits per heavy atom. The van der Waals surface area contributed by atoms with Crippen LogP contribution in [-0.4, -0.2) is 48.6 Å². The second kappa shape index (κ2) is 5.86.